The third-order valence-electron chi connectivity index (χ3n) is 5.96. The van der Waals surface area contributed by atoms with Crippen LogP contribution < -0.4 is 24.4 Å². The van der Waals surface area contributed by atoms with Crippen molar-refractivity contribution < 1.29 is 58.7 Å². The Morgan fingerprint density at radius 2 is 1.59 bits per heavy atom. The standard InChI is InChI=1S/C24H26O13/c1-32-9-4-12(27)17-15(5-9)35-22(23(34-3)19(17)29)10-6-11(26)14(33-2)7-13(10)36-24-21(31)20(30)18(28)16(8-25)37-24/h4-7,16,18,20-21,24-28,30-31H,8H2,1-3H3/t16-,18-,20+,21-,24-/m1/s1. The predicted octanol–water partition coefficient (Wildman–Crippen LogP) is 0.0757. The third kappa shape index (κ3) is 4.58. The lowest BCUT2D eigenvalue weighted by Gasteiger charge is -2.39. The molecule has 0 radical (unpaired) electrons. The molecule has 0 aliphatic carbocycles. The predicted molar refractivity (Wildman–Crippen MR) is 125 cm³/mol. The summed E-state index contributed by atoms with van der Waals surface area (Å²) in [6, 6.07) is 4.94. The van der Waals surface area contributed by atoms with Gasteiger partial charge in [0.05, 0.1) is 33.5 Å². The van der Waals surface area contributed by atoms with Crippen molar-refractivity contribution in [3.05, 3.63) is 34.5 Å². The maximum Gasteiger partial charge on any atom is 0.239 e. The molecule has 1 saturated heterocycles. The van der Waals surface area contributed by atoms with E-state index in [4.69, 9.17) is 28.1 Å². The second-order valence-electron chi connectivity index (χ2n) is 8.15. The Hall–Kier alpha value is -3.75. The number of methoxy groups -OCH3 is 3. The molecule has 1 aromatic heterocycles. The molecule has 6 N–H and O–H groups in total. The first-order valence-electron chi connectivity index (χ1n) is 10.9. The third-order valence-corrected chi connectivity index (χ3v) is 5.96. The number of aliphatic hydroxyl groups is 4. The second kappa shape index (κ2) is 10.3. The van der Waals surface area contributed by atoms with Gasteiger partial charge in [-0.25, -0.2) is 0 Å². The number of rotatable bonds is 7. The molecular formula is C24H26O13. The van der Waals surface area contributed by atoms with Crippen LogP contribution in [0.25, 0.3) is 22.3 Å². The molecule has 0 amide bonds. The van der Waals surface area contributed by atoms with Gasteiger partial charge in [-0.3, -0.25) is 4.79 Å². The first-order valence-corrected chi connectivity index (χ1v) is 10.9. The maximum absolute atomic E-state index is 13.2. The number of phenolic OH excluding ortho intramolecular Hbond substituents is 2. The average Bonchev–Trinajstić information content (AvgIpc) is 2.88. The number of hydrogen-bond donors (Lipinski definition) is 6. The van der Waals surface area contributed by atoms with Gasteiger partial charge in [-0.15, -0.1) is 0 Å². The lowest BCUT2D eigenvalue weighted by molar-refractivity contribution is -0.277. The van der Waals surface area contributed by atoms with Crippen molar-refractivity contribution in [1.29, 1.82) is 0 Å². The minimum Gasteiger partial charge on any atom is -0.507 e. The van der Waals surface area contributed by atoms with E-state index in [1.807, 2.05) is 0 Å². The fourth-order valence-electron chi connectivity index (χ4n) is 4.02. The van der Waals surface area contributed by atoms with Gasteiger partial charge in [0.25, 0.3) is 0 Å². The van der Waals surface area contributed by atoms with E-state index >= 15 is 0 Å². The van der Waals surface area contributed by atoms with Crippen LogP contribution in [-0.2, 0) is 4.74 Å². The highest BCUT2D eigenvalue weighted by Gasteiger charge is 2.45. The zero-order valence-electron chi connectivity index (χ0n) is 19.9. The number of aromatic hydroxyl groups is 2. The van der Waals surface area contributed by atoms with Crippen molar-refractivity contribution in [3.8, 4) is 45.8 Å². The second-order valence-corrected chi connectivity index (χ2v) is 8.15. The fraction of sp³-hybridized carbons (Fsp3) is 0.375. The van der Waals surface area contributed by atoms with E-state index in [1.54, 1.807) is 0 Å². The SMILES string of the molecule is COc1cc(O)c2c(=O)c(OC)c(-c3cc(O)c(OC)cc3O[C@@H]3O[C@H](CO)[C@@H](O)[C@H](O)[C@H]3O)oc2c1. The van der Waals surface area contributed by atoms with Crippen molar-refractivity contribution in [3.63, 3.8) is 0 Å². The fourth-order valence-corrected chi connectivity index (χ4v) is 4.02. The van der Waals surface area contributed by atoms with Gasteiger partial charge in [-0.2, -0.15) is 0 Å². The lowest BCUT2D eigenvalue weighted by Crippen LogP contribution is -2.60. The number of hydrogen-bond acceptors (Lipinski definition) is 13. The summed E-state index contributed by atoms with van der Waals surface area (Å²) in [6.45, 7) is -0.685. The van der Waals surface area contributed by atoms with Gasteiger partial charge >= 0.3 is 0 Å². The van der Waals surface area contributed by atoms with Crippen LogP contribution in [0.1, 0.15) is 0 Å². The largest absolute Gasteiger partial charge is 0.507 e. The van der Waals surface area contributed by atoms with Crippen LogP contribution in [0.2, 0.25) is 0 Å². The Morgan fingerprint density at radius 1 is 0.865 bits per heavy atom. The molecule has 4 rings (SSSR count). The van der Waals surface area contributed by atoms with Crippen LogP contribution in [0.5, 0.6) is 34.5 Å². The molecular weight excluding hydrogens is 496 g/mol. The van der Waals surface area contributed by atoms with Crippen LogP contribution in [-0.4, -0.2) is 89.3 Å². The molecule has 1 aliphatic rings. The maximum atomic E-state index is 13.2. The Balaban J connectivity index is 1.92. The zero-order valence-corrected chi connectivity index (χ0v) is 19.9. The van der Waals surface area contributed by atoms with Crippen LogP contribution in [0.15, 0.2) is 33.5 Å². The molecule has 2 heterocycles. The van der Waals surface area contributed by atoms with Crippen molar-refractivity contribution in [2.45, 2.75) is 30.7 Å². The number of aliphatic hydroxyl groups excluding tert-OH is 4. The minimum atomic E-state index is -1.75. The van der Waals surface area contributed by atoms with Crippen LogP contribution in [0.3, 0.4) is 0 Å². The van der Waals surface area contributed by atoms with Crippen molar-refractivity contribution in [1.82, 2.24) is 0 Å². The molecule has 3 aromatic rings. The summed E-state index contributed by atoms with van der Waals surface area (Å²) >= 11 is 0. The molecule has 37 heavy (non-hydrogen) atoms. The Bertz CT molecular complexity index is 1350. The number of benzene rings is 2. The molecule has 1 aliphatic heterocycles. The molecule has 0 bridgehead atoms. The van der Waals surface area contributed by atoms with E-state index in [2.05, 4.69) is 0 Å². The molecule has 0 unspecified atom stereocenters. The Morgan fingerprint density at radius 3 is 2.22 bits per heavy atom. The first-order chi connectivity index (χ1) is 17.6. The van der Waals surface area contributed by atoms with E-state index in [1.165, 1.54) is 39.5 Å². The van der Waals surface area contributed by atoms with Crippen LogP contribution in [0, 0.1) is 0 Å². The number of fused-ring (bicyclic) bond motifs is 1. The summed E-state index contributed by atoms with van der Waals surface area (Å²) in [7, 11) is 3.83. The van der Waals surface area contributed by atoms with E-state index in [-0.39, 0.29) is 51.0 Å². The van der Waals surface area contributed by atoms with Gasteiger partial charge in [-0.05, 0) is 6.07 Å². The Kier molecular flexibility index (Phi) is 7.34. The normalized spacial score (nSPS) is 23.6. The molecule has 13 heteroatoms. The summed E-state index contributed by atoms with van der Waals surface area (Å²) in [5.74, 6) is -1.40. The highest BCUT2D eigenvalue weighted by atomic mass is 16.7. The highest BCUT2D eigenvalue weighted by molar-refractivity contribution is 5.89. The van der Waals surface area contributed by atoms with E-state index < -0.39 is 48.5 Å². The summed E-state index contributed by atoms with van der Waals surface area (Å²) in [5.41, 5.74) is -0.881. The van der Waals surface area contributed by atoms with Crippen molar-refractivity contribution in [2.24, 2.45) is 0 Å². The number of ether oxygens (including phenoxy) is 5. The summed E-state index contributed by atoms with van der Waals surface area (Å²) in [5, 5.41) is 60.8. The van der Waals surface area contributed by atoms with E-state index in [0.717, 1.165) is 6.07 Å². The average molecular weight is 522 g/mol. The van der Waals surface area contributed by atoms with Gasteiger partial charge < -0.3 is 58.7 Å². The quantitative estimate of drug-likeness (QED) is 0.244. The lowest BCUT2D eigenvalue weighted by atomic mass is 9.99. The molecule has 2 aromatic carbocycles. The van der Waals surface area contributed by atoms with Gasteiger partial charge in [0.1, 0.15) is 52.6 Å². The van der Waals surface area contributed by atoms with E-state index in [0.29, 0.717) is 0 Å². The summed E-state index contributed by atoms with van der Waals surface area (Å²) < 4.78 is 32.6. The van der Waals surface area contributed by atoms with Crippen LogP contribution >= 0.6 is 0 Å². The molecule has 13 nitrogen and oxygen atoms in total. The summed E-state index contributed by atoms with van der Waals surface area (Å²) in [6.07, 6.45) is -7.95. The number of phenols is 2. The minimum absolute atomic E-state index is 0.0616. The molecule has 200 valence electrons. The monoisotopic (exact) mass is 522 g/mol. The van der Waals surface area contributed by atoms with Gasteiger partial charge in [0, 0.05) is 18.2 Å². The van der Waals surface area contributed by atoms with Gasteiger partial charge in [0.15, 0.2) is 17.3 Å². The topological polar surface area (TPSA) is 198 Å². The molecule has 0 saturated carbocycles. The molecule has 0 spiro atoms. The van der Waals surface area contributed by atoms with Crippen molar-refractivity contribution in [2.75, 3.05) is 27.9 Å². The highest BCUT2D eigenvalue weighted by Crippen LogP contribution is 2.44. The van der Waals surface area contributed by atoms with E-state index in [9.17, 15) is 35.4 Å². The Labute approximate surface area is 209 Å². The van der Waals surface area contributed by atoms with Crippen LogP contribution in [0.4, 0.5) is 0 Å². The smallest absolute Gasteiger partial charge is 0.239 e. The molecule has 1 fully saturated rings. The summed E-state index contributed by atoms with van der Waals surface area (Å²) in [4.78, 5) is 13.2. The zero-order chi connectivity index (χ0) is 27.0. The van der Waals surface area contributed by atoms with Gasteiger partial charge in [0.2, 0.25) is 17.5 Å². The van der Waals surface area contributed by atoms with Gasteiger partial charge in [-0.1, -0.05) is 0 Å². The molecule has 5 atom stereocenters. The van der Waals surface area contributed by atoms with Crippen molar-refractivity contribution >= 4 is 11.0 Å². The first kappa shape index (κ1) is 26.3.